The van der Waals surface area contributed by atoms with Crippen molar-refractivity contribution in [1.82, 2.24) is 5.32 Å². The fraction of sp³-hybridized carbons (Fsp3) is 0.333. The topological polar surface area (TPSA) is 41.5 Å². The summed E-state index contributed by atoms with van der Waals surface area (Å²) in [5.41, 5.74) is 0.874. The van der Waals surface area contributed by atoms with Crippen molar-refractivity contribution in [3.05, 3.63) is 59.7 Å². The molecule has 3 rings (SSSR count). The quantitative estimate of drug-likeness (QED) is 0.900. The number of halogens is 3. The Kier molecular flexibility index (Phi) is 4.89. The van der Waals surface area contributed by atoms with E-state index in [1.807, 2.05) is 0 Å². The molecule has 0 amide bonds. The monoisotopic (exact) mass is 337 g/mol. The number of nitrogens with one attached hydrogen (secondary N) is 1. The van der Waals surface area contributed by atoms with Crippen LogP contribution in [0.3, 0.4) is 0 Å². The predicted octanol–water partition coefficient (Wildman–Crippen LogP) is 3.22. The molecule has 0 bridgehead atoms. The van der Waals surface area contributed by atoms with Crippen molar-refractivity contribution in [1.29, 1.82) is 0 Å². The van der Waals surface area contributed by atoms with E-state index in [2.05, 4.69) is 5.32 Å². The molecule has 24 heavy (non-hydrogen) atoms. The summed E-state index contributed by atoms with van der Waals surface area (Å²) in [4.78, 5) is 0. The minimum absolute atomic E-state index is 0.160. The number of aliphatic hydroxyl groups is 1. The van der Waals surface area contributed by atoms with Crippen LogP contribution in [-0.4, -0.2) is 30.4 Å². The van der Waals surface area contributed by atoms with E-state index in [0.29, 0.717) is 25.3 Å². The van der Waals surface area contributed by atoms with Crippen LogP contribution in [0.15, 0.2) is 48.5 Å². The van der Waals surface area contributed by atoms with Gasteiger partial charge in [0.2, 0.25) is 0 Å². The molecule has 0 saturated carbocycles. The minimum atomic E-state index is -4.38. The van der Waals surface area contributed by atoms with E-state index in [1.165, 1.54) is 12.1 Å². The smallest absolute Gasteiger partial charge is 0.389 e. The maximum absolute atomic E-state index is 13.1. The van der Waals surface area contributed by atoms with Gasteiger partial charge in [0.15, 0.2) is 0 Å². The third-order valence-corrected chi connectivity index (χ3v) is 4.09. The number of ether oxygens (including phenoxy) is 1. The van der Waals surface area contributed by atoms with Crippen LogP contribution >= 0.6 is 0 Å². The standard InChI is InChI=1S/C18H18F3NO2/c19-18(20,21)15-4-2-1-3-14(15)13-7-5-12(6-8-13)11-24-17-10-22-9-16(17)23/h1-8,16-17,22-23H,9-11H2/t16-,17-/m0/s1. The summed E-state index contributed by atoms with van der Waals surface area (Å²) >= 11 is 0. The van der Waals surface area contributed by atoms with Gasteiger partial charge in [-0.2, -0.15) is 13.2 Å². The summed E-state index contributed by atoms with van der Waals surface area (Å²) in [5, 5.41) is 12.7. The largest absolute Gasteiger partial charge is 0.417 e. The Hall–Kier alpha value is -1.89. The molecule has 1 aliphatic rings. The fourth-order valence-corrected chi connectivity index (χ4v) is 2.78. The molecule has 6 heteroatoms. The van der Waals surface area contributed by atoms with E-state index >= 15 is 0 Å². The second kappa shape index (κ2) is 6.93. The molecule has 0 aliphatic carbocycles. The molecule has 0 spiro atoms. The highest BCUT2D eigenvalue weighted by atomic mass is 19.4. The molecule has 2 aromatic rings. The van der Waals surface area contributed by atoms with Crippen LogP contribution in [0.4, 0.5) is 13.2 Å². The lowest BCUT2D eigenvalue weighted by atomic mass is 9.98. The molecule has 0 radical (unpaired) electrons. The van der Waals surface area contributed by atoms with E-state index in [1.54, 1.807) is 30.3 Å². The van der Waals surface area contributed by atoms with Gasteiger partial charge in [-0.1, -0.05) is 42.5 Å². The van der Waals surface area contributed by atoms with E-state index in [4.69, 9.17) is 4.74 Å². The number of aliphatic hydroxyl groups excluding tert-OH is 1. The summed E-state index contributed by atoms with van der Waals surface area (Å²) < 4.78 is 44.9. The second-order valence-electron chi connectivity index (χ2n) is 5.82. The van der Waals surface area contributed by atoms with Crippen molar-refractivity contribution >= 4 is 0 Å². The normalized spacial score (nSPS) is 21.2. The minimum Gasteiger partial charge on any atom is -0.389 e. The van der Waals surface area contributed by atoms with Crippen LogP contribution < -0.4 is 5.32 Å². The maximum Gasteiger partial charge on any atom is 0.417 e. The van der Waals surface area contributed by atoms with Crippen LogP contribution in [0.1, 0.15) is 11.1 Å². The Bertz CT molecular complexity index is 685. The van der Waals surface area contributed by atoms with Crippen molar-refractivity contribution < 1.29 is 23.0 Å². The zero-order valence-corrected chi connectivity index (χ0v) is 12.9. The first-order chi connectivity index (χ1) is 11.4. The van der Waals surface area contributed by atoms with Crippen molar-refractivity contribution in [2.24, 2.45) is 0 Å². The SMILES string of the molecule is O[C@H]1CNC[C@@H]1OCc1ccc(-c2ccccc2C(F)(F)F)cc1. The van der Waals surface area contributed by atoms with Crippen molar-refractivity contribution in [3.63, 3.8) is 0 Å². The van der Waals surface area contributed by atoms with Gasteiger partial charge in [-0.05, 0) is 22.8 Å². The molecule has 0 unspecified atom stereocenters. The molecule has 2 aromatic carbocycles. The molecule has 1 saturated heterocycles. The lowest BCUT2D eigenvalue weighted by Gasteiger charge is -2.15. The third-order valence-electron chi connectivity index (χ3n) is 4.09. The van der Waals surface area contributed by atoms with E-state index < -0.39 is 17.8 Å². The van der Waals surface area contributed by atoms with Crippen molar-refractivity contribution in [3.8, 4) is 11.1 Å². The van der Waals surface area contributed by atoms with Gasteiger partial charge in [-0.15, -0.1) is 0 Å². The van der Waals surface area contributed by atoms with E-state index in [0.717, 1.165) is 11.6 Å². The van der Waals surface area contributed by atoms with Gasteiger partial charge >= 0.3 is 6.18 Å². The zero-order valence-electron chi connectivity index (χ0n) is 12.9. The van der Waals surface area contributed by atoms with Gasteiger partial charge in [-0.25, -0.2) is 0 Å². The van der Waals surface area contributed by atoms with Crippen LogP contribution in [0.2, 0.25) is 0 Å². The summed E-state index contributed by atoms with van der Waals surface area (Å²) in [5.74, 6) is 0. The molecule has 3 nitrogen and oxygen atoms in total. The average Bonchev–Trinajstić information content (AvgIpc) is 2.98. The van der Waals surface area contributed by atoms with E-state index in [9.17, 15) is 18.3 Å². The molecule has 2 N–H and O–H groups in total. The number of alkyl halides is 3. The number of benzene rings is 2. The first-order valence-corrected chi connectivity index (χ1v) is 7.71. The maximum atomic E-state index is 13.1. The lowest BCUT2D eigenvalue weighted by Crippen LogP contribution is -2.26. The Balaban J connectivity index is 1.73. The van der Waals surface area contributed by atoms with Gasteiger partial charge in [-0.3, -0.25) is 0 Å². The Morgan fingerprint density at radius 1 is 1.04 bits per heavy atom. The number of hydrogen-bond acceptors (Lipinski definition) is 3. The number of hydrogen-bond donors (Lipinski definition) is 2. The summed E-state index contributed by atoms with van der Waals surface area (Å²) in [6.07, 6.45) is -5.16. The van der Waals surface area contributed by atoms with E-state index in [-0.39, 0.29) is 11.7 Å². The molecule has 2 atom stereocenters. The average molecular weight is 337 g/mol. The molecule has 1 heterocycles. The molecule has 1 aliphatic heterocycles. The predicted molar refractivity (Wildman–Crippen MR) is 84.3 cm³/mol. The Labute approximate surface area is 138 Å². The summed E-state index contributed by atoms with van der Waals surface area (Å²) in [7, 11) is 0. The highest BCUT2D eigenvalue weighted by molar-refractivity contribution is 5.68. The lowest BCUT2D eigenvalue weighted by molar-refractivity contribution is -0.137. The van der Waals surface area contributed by atoms with Gasteiger partial charge in [0, 0.05) is 13.1 Å². The summed E-state index contributed by atoms with van der Waals surface area (Å²) in [6.45, 7) is 1.42. The molecule has 128 valence electrons. The van der Waals surface area contributed by atoms with Crippen LogP contribution in [0.25, 0.3) is 11.1 Å². The molecular weight excluding hydrogens is 319 g/mol. The number of β-amino-alcohol motifs (C(OH)–C–C–N with tert-alkyl or cyclic N) is 1. The third kappa shape index (κ3) is 3.77. The highest BCUT2D eigenvalue weighted by Gasteiger charge is 2.33. The van der Waals surface area contributed by atoms with Crippen LogP contribution in [0, 0.1) is 0 Å². The first kappa shape index (κ1) is 17.0. The van der Waals surface area contributed by atoms with Crippen LogP contribution in [-0.2, 0) is 17.5 Å². The Morgan fingerprint density at radius 3 is 2.38 bits per heavy atom. The molecule has 0 aromatic heterocycles. The number of rotatable bonds is 4. The zero-order chi connectivity index (χ0) is 17.2. The summed E-state index contributed by atoms with van der Waals surface area (Å²) in [6, 6.07) is 12.3. The molecular formula is C18H18F3NO2. The van der Waals surface area contributed by atoms with Crippen molar-refractivity contribution in [2.45, 2.75) is 25.0 Å². The van der Waals surface area contributed by atoms with Gasteiger partial charge in [0.05, 0.1) is 24.4 Å². The second-order valence-corrected chi connectivity index (χ2v) is 5.82. The van der Waals surface area contributed by atoms with Crippen LogP contribution in [0.5, 0.6) is 0 Å². The van der Waals surface area contributed by atoms with Gasteiger partial charge in [0.1, 0.15) is 0 Å². The first-order valence-electron chi connectivity index (χ1n) is 7.71. The highest BCUT2D eigenvalue weighted by Crippen LogP contribution is 2.36. The van der Waals surface area contributed by atoms with Gasteiger partial charge < -0.3 is 15.2 Å². The fourth-order valence-electron chi connectivity index (χ4n) is 2.78. The van der Waals surface area contributed by atoms with Crippen molar-refractivity contribution in [2.75, 3.05) is 13.1 Å². The van der Waals surface area contributed by atoms with Gasteiger partial charge in [0.25, 0.3) is 0 Å². The molecule has 1 fully saturated rings. The Morgan fingerprint density at radius 2 is 1.75 bits per heavy atom.